The molecular formula is C18H32IN5O2S. The van der Waals surface area contributed by atoms with Crippen LogP contribution in [0.2, 0.25) is 0 Å². The summed E-state index contributed by atoms with van der Waals surface area (Å²) >= 11 is 0. The Kier molecular flexibility index (Phi) is 10.5. The molecule has 0 radical (unpaired) electrons. The third-order valence-corrected chi connectivity index (χ3v) is 6.58. The summed E-state index contributed by atoms with van der Waals surface area (Å²) in [6, 6.07) is 4.18. The van der Waals surface area contributed by atoms with Crippen LogP contribution < -0.4 is 10.6 Å². The first-order valence-corrected chi connectivity index (χ1v) is 11.0. The lowest BCUT2D eigenvalue weighted by atomic mass is 10.1. The SMILES string of the molecule is CCCS(=O)(=O)N1CCC(NC(=NCc2ncccc2C)NCC)CC1.I. The predicted molar refractivity (Wildman–Crippen MR) is 121 cm³/mol. The fraction of sp³-hybridized carbons (Fsp3) is 0.667. The molecule has 0 spiro atoms. The molecule has 1 fully saturated rings. The van der Waals surface area contributed by atoms with Gasteiger partial charge in [0, 0.05) is 31.9 Å². The summed E-state index contributed by atoms with van der Waals surface area (Å²) in [4.78, 5) is 9.01. The fourth-order valence-electron chi connectivity index (χ4n) is 3.02. The third kappa shape index (κ3) is 7.53. The first kappa shape index (κ1) is 24.1. The Morgan fingerprint density at radius 2 is 2.04 bits per heavy atom. The van der Waals surface area contributed by atoms with Crippen LogP contribution in [0.1, 0.15) is 44.4 Å². The lowest BCUT2D eigenvalue weighted by Gasteiger charge is -2.32. The molecule has 27 heavy (non-hydrogen) atoms. The molecule has 2 rings (SSSR count). The normalized spacial score (nSPS) is 16.6. The van der Waals surface area contributed by atoms with E-state index in [1.807, 2.05) is 32.9 Å². The maximum Gasteiger partial charge on any atom is 0.214 e. The molecule has 0 aliphatic carbocycles. The number of halogens is 1. The number of nitrogens with one attached hydrogen (secondary N) is 2. The molecule has 2 N–H and O–H groups in total. The van der Waals surface area contributed by atoms with Crippen molar-refractivity contribution in [3.8, 4) is 0 Å². The first-order valence-electron chi connectivity index (χ1n) is 9.39. The Morgan fingerprint density at radius 1 is 1.33 bits per heavy atom. The van der Waals surface area contributed by atoms with Gasteiger partial charge in [0.05, 0.1) is 18.0 Å². The summed E-state index contributed by atoms with van der Waals surface area (Å²) in [6.07, 6.45) is 4.02. The number of nitrogens with zero attached hydrogens (tertiary/aromatic N) is 3. The Hall–Kier alpha value is -0.940. The van der Waals surface area contributed by atoms with Gasteiger partial charge < -0.3 is 10.6 Å². The zero-order valence-corrected chi connectivity index (χ0v) is 19.6. The average Bonchev–Trinajstić information content (AvgIpc) is 2.61. The van der Waals surface area contributed by atoms with Crippen molar-refractivity contribution in [2.75, 3.05) is 25.4 Å². The summed E-state index contributed by atoms with van der Waals surface area (Å²) in [7, 11) is -3.10. The molecule has 1 aliphatic rings. The quantitative estimate of drug-likeness (QED) is 0.335. The van der Waals surface area contributed by atoms with Gasteiger partial charge in [-0.1, -0.05) is 13.0 Å². The van der Waals surface area contributed by atoms with Crippen molar-refractivity contribution in [3.05, 3.63) is 29.6 Å². The van der Waals surface area contributed by atoms with E-state index in [0.717, 1.165) is 36.6 Å². The molecule has 0 bridgehead atoms. The standard InChI is InChI=1S/C18H31N5O2S.HI/c1-4-13-26(24,25)23-11-8-16(9-12-23)22-18(19-5-2)21-14-17-15(3)7-6-10-20-17;/h6-7,10,16H,4-5,8-9,11-14H2,1-3H3,(H2,19,21,22);1H. The molecule has 0 saturated carbocycles. The molecule has 0 amide bonds. The molecule has 1 aromatic rings. The number of piperidine rings is 1. The van der Waals surface area contributed by atoms with E-state index in [0.29, 0.717) is 26.1 Å². The summed E-state index contributed by atoms with van der Waals surface area (Å²) in [5.41, 5.74) is 2.09. The maximum atomic E-state index is 12.2. The van der Waals surface area contributed by atoms with Crippen LogP contribution in [0.4, 0.5) is 0 Å². The second kappa shape index (κ2) is 11.8. The second-order valence-corrected chi connectivity index (χ2v) is 8.68. The van der Waals surface area contributed by atoms with Crippen LogP contribution in [0.15, 0.2) is 23.3 Å². The van der Waals surface area contributed by atoms with E-state index in [1.165, 1.54) is 0 Å². The molecule has 0 unspecified atom stereocenters. The molecule has 2 heterocycles. The van der Waals surface area contributed by atoms with Crippen LogP contribution in [0, 0.1) is 6.92 Å². The Morgan fingerprint density at radius 3 is 2.63 bits per heavy atom. The summed E-state index contributed by atoms with van der Waals surface area (Å²) in [6.45, 7) is 8.39. The highest BCUT2D eigenvalue weighted by atomic mass is 127. The first-order chi connectivity index (χ1) is 12.5. The monoisotopic (exact) mass is 509 g/mol. The summed E-state index contributed by atoms with van der Waals surface area (Å²) < 4.78 is 26.0. The van der Waals surface area contributed by atoms with Crippen LogP contribution in [0.25, 0.3) is 0 Å². The van der Waals surface area contributed by atoms with Gasteiger partial charge in [-0.15, -0.1) is 24.0 Å². The van der Waals surface area contributed by atoms with Crippen molar-refractivity contribution in [1.82, 2.24) is 19.9 Å². The minimum atomic E-state index is -3.10. The smallest absolute Gasteiger partial charge is 0.214 e. The topological polar surface area (TPSA) is 86.7 Å². The van der Waals surface area contributed by atoms with Gasteiger partial charge in [0.1, 0.15) is 0 Å². The second-order valence-electron chi connectivity index (χ2n) is 6.60. The summed E-state index contributed by atoms with van der Waals surface area (Å²) in [5, 5.41) is 6.70. The number of aliphatic imine (C=N–C) groups is 1. The van der Waals surface area contributed by atoms with Gasteiger partial charge in [0.2, 0.25) is 10.0 Å². The Balaban J connectivity index is 0.00000364. The number of guanidine groups is 1. The van der Waals surface area contributed by atoms with Crippen molar-refractivity contribution in [2.24, 2.45) is 4.99 Å². The largest absolute Gasteiger partial charge is 0.357 e. The van der Waals surface area contributed by atoms with Crippen LogP contribution in [0.3, 0.4) is 0 Å². The lowest BCUT2D eigenvalue weighted by molar-refractivity contribution is 0.306. The molecule has 0 atom stereocenters. The van der Waals surface area contributed by atoms with Crippen LogP contribution >= 0.6 is 24.0 Å². The van der Waals surface area contributed by atoms with Crippen LogP contribution in [-0.4, -0.2) is 55.1 Å². The van der Waals surface area contributed by atoms with E-state index in [2.05, 4.69) is 20.6 Å². The number of rotatable bonds is 7. The summed E-state index contributed by atoms with van der Waals surface area (Å²) in [5.74, 6) is 0.992. The molecule has 154 valence electrons. The number of aromatic nitrogens is 1. The number of sulfonamides is 1. The Bertz CT molecular complexity index is 703. The van der Waals surface area contributed by atoms with E-state index in [4.69, 9.17) is 0 Å². The molecular weight excluding hydrogens is 477 g/mol. The number of hydrogen-bond donors (Lipinski definition) is 2. The minimum Gasteiger partial charge on any atom is -0.357 e. The number of hydrogen-bond acceptors (Lipinski definition) is 4. The highest BCUT2D eigenvalue weighted by Crippen LogP contribution is 2.15. The number of aryl methyl sites for hydroxylation is 1. The van der Waals surface area contributed by atoms with E-state index in [1.54, 1.807) is 10.5 Å². The zero-order chi connectivity index (χ0) is 19.0. The third-order valence-electron chi connectivity index (χ3n) is 4.50. The minimum absolute atomic E-state index is 0. The van der Waals surface area contributed by atoms with Crippen LogP contribution in [0.5, 0.6) is 0 Å². The van der Waals surface area contributed by atoms with E-state index in [-0.39, 0.29) is 35.8 Å². The molecule has 1 aromatic heterocycles. The van der Waals surface area contributed by atoms with Crippen molar-refractivity contribution in [3.63, 3.8) is 0 Å². The van der Waals surface area contributed by atoms with Gasteiger partial charge in [0.25, 0.3) is 0 Å². The highest BCUT2D eigenvalue weighted by Gasteiger charge is 2.27. The van der Waals surface area contributed by atoms with Gasteiger partial charge >= 0.3 is 0 Å². The van der Waals surface area contributed by atoms with Crippen molar-refractivity contribution in [2.45, 2.75) is 52.6 Å². The van der Waals surface area contributed by atoms with Crippen molar-refractivity contribution in [1.29, 1.82) is 0 Å². The maximum absolute atomic E-state index is 12.2. The zero-order valence-electron chi connectivity index (χ0n) is 16.4. The molecule has 0 aromatic carbocycles. The lowest BCUT2D eigenvalue weighted by Crippen LogP contribution is -2.50. The van der Waals surface area contributed by atoms with E-state index < -0.39 is 10.0 Å². The molecule has 1 saturated heterocycles. The fourth-order valence-corrected chi connectivity index (χ4v) is 4.56. The van der Waals surface area contributed by atoms with Gasteiger partial charge in [-0.25, -0.2) is 17.7 Å². The Labute approximate surface area is 180 Å². The average molecular weight is 509 g/mol. The van der Waals surface area contributed by atoms with Gasteiger partial charge in [-0.2, -0.15) is 0 Å². The van der Waals surface area contributed by atoms with Crippen molar-refractivity contribution < 1.29 is 8.42 Å². The molecule has 1 aliphatic heterocycles. The molecule has 9 heteroatoms. The van der Waals surface area contributed by atoms with Gasteiger partial charge in [-0.3, -0.25) is 4.98 Å². The highest BCUT2D eigenvalue weighted by molar-refractivity contribution is 14.0. The van der Waals surface area contributed by atoms with Crippen molar-refractivity contribution >= 4 is 40.0 Å². The van der Waals surface area contributed by atoms with Gasteiger partial charge in [0.15, 0.2) is 5.96 Å². The number of pyridine rings is 1. The van der Waals surface area contributed by atoms with E-state index >= 15 is 0 Å². The predicted octanol–water partition coefficient (Wildman–Crippen LogP) is 2.27. The van der Waals surface area contributed by atoms with Gasteiger partial charge in [-0.05, 0) is 44.7 Å². The van der Waals surface area contributed by atoms with Crippen LogP contribution in [-0.2, 0) is 16.6 Å². The molecule has 7 nitrogen and oxygen atoms in total. The van der Waals surface area contributed by atoms with E-state index in [9.17, 15) is 8.42 Å².